The number of fused-ring (bicyclic) bond motifs is 1. The number of hydrogen-bond donors (Lipinski definition) is 3. The molecule has 3 rings (SSSR count). The number of aliphatic hydroxyl groups is 2. The van der Waals surface area contributed by atoms with Gasteiger partial charge >= 0.3 is 0 Å². The molecule has 3 N–H and O–H groups in total. The number of halogens is 2. The highest BCUT2D eigenvalue weighted by Crippen LogP contribution is 2.26. The molecule has 10 heteroatoms. The molecule has 0 radical (unpaired) electrons. The summed E-state index contributed by atoms with van der Waals surface area (Å²) in [6.07, 6.45) is 5.02. The maximum absolute atomic E-state index is 14.8. The van der Waals surface area contributed by atoms with Crippen LogP contribution in [0.15, 0.2) is 34.1 Å². The van der Waals surface area contributed by atoms with Crippen molar-refractivity contribution >= 4 is 22.4 Å². The van der Waals surface area contributed by atoms with Crippen molar-refractivity contribution < 1.29 is 19.0 Å². The largest absolute Gasteiger partial charge is 0.394 e. The molecule has 0 aliphatic heterocycles. The number of pyridine rings is 1. The van der Waals surface area contributed by atoms with E-state index in [4.69, 9.17) is 11.5 Å². The highest BCUT2D eigenvalue weighted by atomic mass is 19.1. The molecule has 0 saturated heterocycles. The Morgan fingerprint density at radius 3 is 2.66 bits per heavy atom. The van der Waals surface area contributed by atoms with Crippen molar-refractivity contribution in [1.82, 2.24) is 14.1 Å². The lowest BCUT2D eigenvalue weighted by Gasteiger charge is -2.15. The molecule has 150 valence electrons. The van der Waals surface area contributed by atoms with E-state index in [0.717, 1.165) is 21.5 Å². The van der Waals surface area contributed by atoms with Gasteiger partial charge in [0.25, 0.3) is 11.1 Å². The molecule has 0 bridgehead atoms. The normalized spacial score (nSPS) is 12.0. The van der Waals surface area contributed by atoms with Gasteiger partial charge in [-0.1, -0.05) is 5.92 Å². The van der Waals surface area contributed by atoms with Crippen molar-refractivity contribution in [1.29, 1.82) is 0 Å². The van der Waals surface area contributed by atoms with Gasteiger partial charge in [0.2, 0.25) is 5.82 Å². The first kappa shape index (κ1) is 20.2. The van der Waals surface area contributed by atoms with Crippen LogP contribution in [0.2, 0.25) is 0 Å². The van der Waals surface area contributed by atoms with Gasteiger partial charge in [-0.15, -0.1) is 6.42 Å². The number of rotatable bonds is 5. The van der Waals surface area contributed by atoms with Gasteiger partial charge < -0.3 is 15.5 Å². The van der Waals surface area contributed by atoms with Crippen LogP contribution >= 0.6 is 0 Å². The summed E-state index contributed by atoms with van der Waals surface area (Å²) < 4.78 is 30.9. The SMILES string of the molecule is C#Cc1ccc(Nc2c(F)c(=O)n(C)c3ncn(C[C@@H](O)CO)c(=O)c23)c(F)c1. The lowest BCUT2D eigenvalue weighted by atomic mass is 10.2. The molecule has 2 aromatic heterocycles. The van der Waals surface area contributed by atoms with Crippen LogP contribution < -0.4 is 16.4 Å². The third kappa shape index (κ3) is 3.61. The zero-order valence-corrected chi connectivity index (χ0v) is 15.2. The van der Waals surface area contributed by atoms with Gasteiger partial charge in [-0.3, -0.25) is 18.7 Å². The van der Waals surface area contributed by atoms with Gasteiger partial charge in [-0.25, -0.2) is 9.37 Å². The van der Waals surface area contributed by atoms with E-state index >= 15 is 0 Å². The second-order valence-electron chi connectivity index (χ2n) is 6.25. The van der Waals surface area contributed by atoms with E-state index < -0.39 is 41.2 Å². The zero-order valence-electron chi connectivity index (χ0n) is 15.2. The monoisotopic (exact) mass is 402 g/mol. The van der Waals surface area contributed by atoms with Crippen LogP contribution in [-0.4, -0.2) is 37.0 Å². The van der Waals surface area contributed by atoms with Crippen molar-refractivity contribution in [2.75, 3.05) is 11.9 Å². The highest BCUT2D eigenvalue weighted by Gasteiger charge is 2.21. The molecule has 1 aromatic carbocycles. The predicted octanol–water partition coefficient (Wildman–Crippen LogP) is 0.451. The summed E-state index contributed by atoms with van der Waals surface area (Å²) >= 11 is 0. The maximum atomic E-state index is 14.8. The fourth-order valence-corrected chi connectivity index (χ4v) is 2.79. The van der Waals surface area contributed by atoms with Gasteiger partial charge in [0.15, 0.2) is 5.65 Å². The summed E-state index contributed by atoms with van der Waals surface area (Å²) in [6.45, 7) is -0.919. The van der Waals surface area contributed by atoms with Crippen LogP contribution in [0.1, 0.15) is 5.56 Å². The second-order valence-corrected chi connectivity index (χ2v) is 6.25. The average Bonchev–Trinajstić information content (AvgIpc) is 2.72. The van der Waals surface area contributed by atoms with Crippen molar-refractivity contribution in [3.8, 4) is 12.3 Å². The number of nitrogens with one attached hydrogen (secondary N) is 1. The van der Waals surface area contributed by atoms with Crippen molar-refractivity contribution in [2.24, 2.45) is 7.05 Å². The number of nitrogens with zero attached hydrogens (tertiary/aromatic N) is 3. The van der Waals surface area contributed by atoms with E-state index in [9.17, 15) is 23.5 Å². The fourth-order valence-electron chi connectivity index (χ4n) is 2.79. The van der Waals surface area contributed by atoms with Crippen LogP contribution in [0, 0.1) is 24.0 Å². The summed E-state index contributed by atoms with van der Waals surface area (Å²) in [6, 6.07) is 3.69. The number of aliphatic hydroxyl groups excluding tert-OH is 2. The minimum atomic E-state index is -1.31. The Morgan fingerprint density at radius 1 is 1.31 bits per heavy atom. The van der Waals surface area contributed by atoms with Gasteiger partial charge in [0.1, 0.15) is 17.5 Å². The molecule has 29 heavy (non-hydrogen) atoms. The molecular weight excluding hydrogens is 386 g/mol. The Bertz CT molecular complexity index is 1260. The standard InChI is InChI=1S/C19H16F2N4O4/c1-3-10-4-5-13(12(20)6-10)23-16-14-17(24(2)19(29)15(16)21)22-9-25(18(14)28)7-11(27)8-26/h1,4-6,9,11,23,26-27H,7-8H2,2H3/t11-/m1/s1. The molecule has 0 aliphatic carbocycles. The lowest BCUT2D eigenvalue weighted by molar-refractivity contribution is 0.0802. The number of anilines is 2. The summed E-state index contributed by atoms with van der Waals surface area (Å²) in [5.41, 5.74) is -2.51. The number of aryl methyl sites for hydroxylation is 1. The minimum Gasteiger partial charge on any atom is -0.394 e. The molecule has 0 fully saturated rings. The quantitative estimate of drug-likeness (QED) is 0.535. The Hall–Kier alpha value is -3.55. The maximum Gasteiger partial charge on any atom is 0.290 e. The molecule has 0 amide bonds. The molecule has 0 unspecified atom stereocenters. The number of aromatic nitrogens is 3. The van der Waals surface area contributed by atoms with E-state index in [2.05, 4.69) is 16.2 Å². The van der Waals surface area contributed by atoms with E-state index in [1.54, 1.807) is 0 Å². The molecule has 0 aliphatic rings. The van der Waals surface area contributed by atoms with Gasteiger partial charge in [0.05, 0.1) is 30.6 Å². The summed E-state index contributed by atoms with van der Waals surface area (Å²) in [7, 11) is 1.24. The third-order valence-corrected chi connectivity index (χ3v) is 4.31. The summed E-state index contributed by atoms with van der Waals surface area (Å²) in [5, 5.41) is 20.7. The highest BCUT2D eigenvalue weighted by molar-refractivity contribution is 5.90. The first-order chi connectivity index (χ1) is 13.8. The van der Waals surface area contributed by atoms with Crippen molar-refractivity contribution in [2.45, 2.75) is 12.6 Å². The second kappa shape index (κ2) is 7.83. The summed E-state index contributed by atoms with van der Waals surface area (Å²) in [4.78, 5) is 29.1. The Labute approximate surface area is 162 Å². The van der Waals surface area contributed by atoms with Gasteiger partial charge in [0, 0.05) is 12.6 Å². The van der Waals surface area contributed by atoms with E-state index in [1.807, 2.05) is 0 Å². The lowest BCUT2D eigenvalue weighted by Crippen LogP contribution is -2.32. The van der Waals surface area contributed by atoms with Gasteiger partial charge in [-0.05, 0) is 18.2 Å². The molecule has 0 saturated carbocycles. The smallest absolute Gasteiger partial charge is 0.290 e. The zero-order chi connectivity index (χ0) is 21.3. The molecular formula is C19H16F2N4O4. The predicted molar refractivity (Wildman–Crippen MR) is 102 cm³/mol. The topological polar surface area (TPSA) is 109 Å². The molecule has 2 heterocycles. The summed E-state index contributed by atoms with van der Waals surface area (Å²) in [5.74, 6) is 0.137. The van der Waals surface area contributed by atoms with Crippen LogP contribution in [0.25, 0.3) is 11.0 Å². The molecule has 8 nitrogen and oxygen atoms in total. The molecule has 1 atom stereocenters. The van der Waals surface area contributed by atoms with Crippen LogP contribution in [0.3, 0.4) is 0 Å². The van der Waals surface area contributed by atoms with Crippen molar-refractivity contribution in [3.63, 3.8) is 0 Å². The first-order valence-corrected chi connectivity index (χ1v) is 8.38. The van der Waals surface area contributed by atoms with Crippen LogP contribution in [0.5, 0.6) is 0 Å². The van der Waals surface area contributed by atoms with Gasteiger partial charge in [-0.2, -0.15) is 4.39 Å². The average molecular weight is 402 g/mol. The Balaban J connectivity index is 2.27. The molecule has 0 spiro atoms. The number of terminal acetylenes is 1. The first-order valence-electron chi connectivity index (χ1n) is 8.38. The van der Waals surface area contributed by atoms with E-state index in [-0.39, 0.29) is 28.8 Å². The molecule has 3 aromatic rings. The van der Waals surface area contributed by atoms with Crippen LogP contribution in [0.4, 0.5) is 20.2 Å². The Morgan fingerprint density at radius 2 is 2.03 bits per heavy atom. The van der Waals surface area contributed by atoms with E-state index in [1.165, 1.54) is 19.2 Å². The fraction of sp³-hybridized carbons (Fsp3) is 0.211. The number of benzene rings is 1. The minimum absolute atomic E-state index is 0.140. The van der Waals surface area contributed by atoms with Crippen LogP contribution in [-0.2, 0) is 13.6 Å². The van der Waals surface area contributed by atoms with Crippen molar-refractivity contribution in [3.05, 3.63) is 62.4 Å². The number of hydrogen-bond acceptors (Lipinski definition) is 6. The van der Waals surface area contributed by atoms with E-state index in [0.29, 0.717) is 0 Å². The Kier molecular flexibility index (Phi) is 5.45. The third-order valence-electron chi connectivity index (χ3n) is 4.31.